The van der Waals surface area contributed by atoms with Gasteiger partial charge >= 0.3 is 18.3 Å². The summed E-state index contributed by atoms with van der Waals surface area (Å²) in [7, 11) is 1.27. The number of carbonyl (C=O) groups is 3. The van der Waals surface area contributed by atoms with Crippen LogP contribution < -0.4 is 0 Å². The fraction of sp³-hybridized carbons (Fsp3) is 0.545. The first kappa shape index (κ1) is 36.2. The number of esters is 1. The van der Waals surface area contributed by atoms with Gasteiger partial charge in [-0.05, 0) is 48.2 Å². The zero-order valence-electron chi connectivity index (χ0n) is 26.3. The molecule has 0 N–H and O–H groups in total. The van der Waals surface area contributed by atoms with E-state index in [1.54, 1.807) is 9.80 Å². The van der Waals surface area contributed by atoms with E-state index >= 15 is 0 Å². The molecule has 2 amide bonds. The van der Waals surface area contributed by atoms with Crippen molar-refractivity contribution in [2.24, 2.45) is 5.92 Å². The fourth-order valence-electron chi connectivity index (χ4n) is 5.88. The van der Waals surface area contributed by atoms with Crippen LogP contribution in [-0.4, -0.2) is 96.9 Å². The Hall–Kier alpha value is -3.65. The Morgan fingerprint density at radius 1 is 0.617 bits per heavy atom. The number of hydrogen-bond acceptors (Lipinski definition) is 6. The summed E-state index contributed by atoms with van der Waals surface area (Å²) in [5, 5.41) is 0. The van der Waals surface area contributed by atoms with Crippen LogP contribution in [0.15, 0.2) is 48.5 Å². The van der Waals surface area contributed by atoms with Gasteiger partial charge in [0.2, 0.25) is 11.8 Å². The average Bonchev–Trinajstić information content (AvgIpc) is 3.04. The lowest BCUT2D eigenvalue weighted by molar-refractivity contribution is -0.147. The highest BCUT2D eigenvalue weighted by atomic mass is 19.4. The summed E-state index contributed by atoms with van der Waals surface area (Å²) in [6.07, 6.45) is -8.04. The van der Waals surface area contributed by atoms with Crippen molar-refractivity contribution in [2.75, 3.05) is 59.5 Å². The monoisotopic (exact) mass is 670 g/mol. The lowest BCUT2D eigenvalue weighted by Gasteiger charge is -2.35. The Balaban J connectivity index is 1.16. The summed E-state index contributed by atoms with van der Waals surface area (Å²) in [5.74, 6) is -1.31. The molecule has 0 saturated carbocycles. The maximum Gasteiger partial charge on any atom is 0.416 e. The molecular weight excluding hydrogens is 630 g/mol. The van der Waals surface area contributed by atoms with Crippen molar-refractivity contribution in [2.45, 2.75) is 51.1 Å². The molecule has 0 spiro atoms. The number of alkyl halides is 6. The highest BCUT2D eigenvalue weighted by Gasteiger charge is 2.31. The zero-order valence-corrected chi connectivity index (χ0v) is 26.3. The molecule has 0 radical (unpaired) electrons. The highest BCUT2D eigenvalue weighted by molar-refractivity contribution is 5.79. The number of hydrogen-bond donors (Lipinski definition) is 0. The lowest BCUT2D eigenvalue weighted by atomic mass is 9.96. The highest BCUT2D eigenvalue weighted by Crippen LogP contribution is 2.30. The Morgan fingerprint density at radius 2 is 0.957 bits per heavy atom. The van der Waals surface area contributed by atoms with Crippen molar-refractivity contribution in [1.29, 1.82) is 0 Å². The standard InChI is InChI=1S/C33H40F6N4O4/c1-47-31(46)26(6-12-29(44)42-18-14-40(15-19-42)22-24-2-8-27(9-3-24)32(34,35)36)7-13-30(45)43-20-16-41(17-21-43)23-25-4-10-28(11-5-25)33(37,38)39/h2-5,8-11,26H,6-7,12-23H2,1H3. The summed E-state index contributed by atoms with van der Waals surface area (Å²) in [6.45, 7) is 5.09. The Kier molecular flexibility index (Phi) is 12.3. The number of nitrogens with zero attached hydrogens (tertiary/aromatic N) is 4. The number of rotatable bonds is 11. The van der Waals surface area contributed by atoms with Gasteiger partial charge in [-0.3, -0.25) is 24.2 Å². The van der Waals surface area contributed by atoms with Gasteiger partial charge in [0.15, 0.2) is 0 Å². The maximum absolute atomic E-state index is 12.9. The summed E-state index contributed by atoms with van der Waals surface area (Å²) < 4.78 is 81.8. The second-order valence-electron chi connectivity index (χ2n) is 12.0. The van der Waals surface area contributed by atoms with E-state index in [4.69, 9.17) is 4.74 Å². The van der Waals surface area contributed by atoms with E-state index in [0.717, 1.165) is 35.4 Å². The molecule has 2 aliphatic rings. The Labute approximate surface area is 270 Å². The predicted molar refractivity (Wildman–Crippen MR) is 161 cm³/mol. The molecule has 2 saturated heterocycles. The van der Waals surface area contributed by atoms with E-state index in [1.807, 2.05) is 0 Å². The molecule has 8 nitrogen and oxygen atoms in total. The molecule has 0 unspecified atom stereocenters. The zero-order chi connectivity index (χ0) is 34.2. The number of halogens is 6. The van der Waals surface area contributed by atoms with Gasteiger partial charge in [-0.15, -0.1) is 0 Å². The second-order valence-corrected chi connectivity index (χ2v) is 12.0. The van der Waals surface area contributed by atoms with Crippen LogP contribution in [0.5, 0.6) is 0 Å². The van der Waals surface area contributed by atoms with Crippen molar-refractivity contribution >= 4 is 17.8 Å². The molecule has 0 bridgehead atoms. The number of piperazine rings is 2. The lowest BCUT2D eigenvalue weighted by Crippen LogP contribution is -2.48. The number of amides is 2. The molecule has 0 aliphatic carbocycles. The van der Waals surface area contributed by atoms with Crippen LogP contribution >= 0.6 is 0 Å². The van der Waals surface area contributed by atoms with E-state index in [0.29, 0.717) is 65.4 Å². The minimum absolute atomic E-state index is 0.108. The van der Waals surface area contributed by atoms with E-state index in [-0.39, 0.29) is 37.5 Å². The number of carbonyl (C=O) groups excluding carboxylic acids is 3. The fourth-order valence-corrected chi connectivity index (χ4v) is 5.88. The third-order valence-corrected chi connectivity index (χ3v) is 8.77. The van der Waals surface area contributed by atoms with Crippen LogP contribution in [-0.2, 0) is 44.6 Å². The molecule has 0 aromatic heterocycles. The third-order valence-electron chi connectivity index (χ3n) is 8.77. The normalized spacial score (nSPS) is 16.9. The van der Waals surface area contributed by atoms with Gasteiger partial charge in [0.1, 0.15) is 0 Å². The molecule has 14 heteroatoms. The van der Waals surface area contributed by atoms with E-state index in [2.05, 4.69) is 9.80 Å². The van der Waals surface area contributed by atoms with Gasteiger partial charge in [0.05, 0.1) is 24.2 Å². The van der Waals surface area contributed by atoms with Crippen LogP contribution in [0.4, 0.5) is 26.3 Å². The molecule has 2 aromatic carbocycles. The second kappa shape index (κ2) is 16.0. The van der Waals surface area contributed by atoms with Crippen molar-refractivity contribution in [3.8, 4) is 0 Å². The van der Waals surface area contributed by atoms with Gasteiger partial charge < -0.3 is 14.5 Å². The van der Waals surface area contributed by atoms with Gasteiger partial charge in [0.25, 0.3) is 0 Å². The Morgan fingerprint density at radius 3 is 1.26 bits per heavy atom. The summed E-state index contributed by atoms with van der Waals surface area (Å²) in [6, 6.07) is 10.1. The minimum Gasteiger partial charge on any atom is -0.469 e. The first-order chi connectivity index (χ1) is 22.2. The molecule has 0 atom stereocenters. The summed E-state index contributed by atoms with van der Waals surface area (Å²) in [5.41, 5.74) is 0.130. The van der Waals surface area contributed by atoms with Crippen LogP contribution in [0, 0.1) is 5.92 Å². The Bertz CT molecular complexity index is 1240. The molecule has 2 aliphatic heterocycles. The molecular formula is C33H40F6N4O4. The van der Waals surface area contributed by atoms with Gasteiger partial charge in [-0.2, -0.15) is 26.3 Å². The molecule has 2 fully saturated rings. The molecule has 2 aromatic rings. The van der Waals surface area contributed by atoms with Gasteiger partial charge in [-0.25, -0.2) is 0 Å². The summed E-state index contributed by atoms with van der Waals surface area (Å²) >= 11 is 0. The third kappa shape index (κ3) is 10.7. The first-order valence-corrected chi connectivity index (χ1v) is 15.6. The van der Waals surface area contributed by atoms with Crippen molar-refractivity contribution in [1.82, 2.24) is 19.6 Å². The molecule has 2 heterocycles. The molecule has 258 valence electrons. The van der Waals surface area contributed by atoms with E-state index < -0.39 is 35.4 Å². The van der Waals surface area contributed by atoms with Crippen LogP contribution in [0.25, 0.3) is 0 Å². The van der Waals surface area contributed by atoms with Gasteiger partial charge in [-0.1, -0.05) is 24.3 Å². The number of ether oxygens (including phenoxy) is 1. The first-order valence-electron chi connectivity index (χ1n) is 15.6. The SMILES string of the molecule is COC(=O)C(CCC(=O)N1CCN(Cc2ccc(C(F)(F)F)cc2)CC1)CCC(=O)N1CCN(Cc2ccc(C(F)(F)F)cc2)CC1. The molecule has 4 rings (SSSR count). The quantitative estimate of drug-likeness (QED) is 0.246. The van der Waals surface area contributed by atoms with Crippen molar-refractivity contribution in [3.63, 3.8) is 0 Å². The topological polar surface area (TPSA) is 73.4 Å². The van der Waals surface area contributed by atoms with Gasteiger partial charge in [0, 0.05) is 78.3 Å². The van der Waals surface area contributed by atoms with E-state index in [1.165, 1.54) is 31.4 Å². The minimum atomic E-state index is -4.38. The van der Waals surface area contributed by atoms with Crippen LogP contribution in [0.3, 0.4) is 0 Å². The van der Waals surface area contributed by atoms with Crippen LogP contribution in [0.1, 0.15) is 47.9 Å². The maximum atomic E-state index is 12.9. The van der Waals surface area contributed by atoms with E-state index in [9.17, 15) is 40.7 Å². The van der Waals surface area contributed by atoms with Crippen molar-refractivity contribution < 1.29 is 45.5 Å². The number of methoxy groups -OCH3 is 1. The predicted octanol–water partition coefficient (Wildman–Crippen LogP) is 5.06. The molecule has 47 heavy (non-hydrogen) atoms. The van der Waals surface area contributed by atoms with Crippen molar-refractivity contribution in [3.05, 3.63) is 70.8 Å². The smallest absolute Gasteiger partial charge is 0.416 e. The average molecular weight is 671 g/mol. The van der Waals surface area contributed by atoms with Crippen LogP contribution in [0.2, 0.25) is 0 Å². The largest absolute Gasteiger partial charge is 0.469 e. The summed E-state index contributed by atoms with van der Waals surface area (Å²) in [4.78, 5) is 45.9. The number of benzene rings is 2.